The molecule has 0 amide bonds. The van der Waals surface area contributed by atoms with Crippen molar-refractivity contribution in [1.82, 2.24) is 0 Å². The SMILES string of the molecule is CC(O)(F)CC(F)(F)F. The molecule has 0 fully saturated rings. The normalized spacial score (nSPS) is 19.3. The van der Waals surface area contributed by atoms with Crippen molar-refractivity contribution in [3.63, 3.8) is 0 Å². The minimum Gasteiger partial charge on any atom is -0.362 e. The van der Waals surface area contributed by atoms with E-state index in [1.807, 2.05) is 0 Å². The highest BCUT2D eigenvalue weighted by atomic mass is 19.4. The van der Waals surface area contributed by atoms with Gasteiger partial charge in [0.05, 0.1) is 0 Å². The monoisotopic (exact) mass is 146 g/mol. The lowest BCUT2D eigenvalue weighted by Gasteiger charge is -2.14. The highest BCUT2D eigenvalue weighted by Crippen LogP contribution is 2.27. The predicted molar refractivity (Wildman–Crippen MR) is 22.4 cm³/mol. The maximum absolute atomic E-state index is 11.7. The van der Waals surface area contributed by atoms with Crippen molar-refractivity contribution in [3.05, 3.63) is 0 Å². The van der Waals surface area contributed by atoms with E-state index in [0.29, 0.717) is 6.92 Å². The van der Waals surface area contributed by atoms with E-state index in [2.05, 4.69) is 0 Å². The van der Waals surface area contributed by atoms with Gasteiger partial charge in [-0.05, 0) is 6.92 Å². The van der Waals surface area contributed by atoms with E-state index in [9.17, 15) is 17.6 Å². The first-order chi connectivity index (χ1) is 3.71. The Labute approximate surface area is 49.3 Å². The quantitative estimate of drug-likeness (QED) is 0.557. The molecule has 1 atom stereocenters. The summed E-state index contributed by atoms with van der Waals surface area (Å²) in [5.74, 6) is -3.14. The Bertz CT molecular complexity index is 77.7. The fourth-order valence-electron chi connectivity index (χ4n) is 0.366. The molecule has 0 rings (SSSR count). The maximum atomic E-state index is 11.7. The van der Waals surface area contributed by atoms with Crippen LogP contribution in [0, 0.1) is 0 Å². The van der Waals surface area contributed by atoms with Crippen LogP contribution in [0.15, 0.2) is 0 Å². The van der Waals surface area contributed by atoms with Crippen molar-refractivity contribution < 1.29 is 22.7 Å². The first-order valence-electron chi connectivity index (χ1n) is 2.19. The second-order valence-electron chi connectivity index (χ2n) is 1.93. The minimum atomic E-state index is -4.64. The van der Waals surface area contributed by atoms with Gasteiger partial charge in [0.1, 0.15) is 6.42 Å². The van der Waals surface area contributed by atoms with Crippen LogP contribution in [-0.4, -0.2) is 17.1 Å². The third-order valence-electron chi connectivity index (χ3n) is 0.523. The number of halogens is 4. The van der Waals surface area contributed by atoms with Crippen LogP contribution in [0.4, 0.5) is 17.6 Å². The van der Waals surface area contributed by atoms with Gasteiger partial charge in [0.2, 0.25) is 5.85 Å². The summed E-state index contributed by atoms with van der Waals surface area (Å²) in [5, 5.41) is 7.97. The standard InChI is InChI=1S/C4H6F4O/c1-3(5,9)2-4(6,7)8/h9H,2H2,1H3. The van der Waals surface area contributed by atoms with Crippen LogP contribution >= 0.6 is 0 Å². The van der Waals surface area contributed by atoms with Gasteiger partial charge in [-0.2, -0.15) is 13.2 Å². The molecule has 5 heteroatoms. The molecule has 56 valence electrons. The molecule has 0 heterocycles. The third kappa shape index (κ3) is 7.68. The molecule has 1 nitrogen and oxygen atoms in total. The Hall–Kier alpha value is -0.320. The molecule has 0 saturated heterocycles. The van der Waals surface area contributed by atoms with Crippen molar-refractivity contribution in [2.75, 3.05) is 0 Å². The van der Waals surface area contributed by atoms with E-state index >= 15 is 0 Å². The Kier molecular flexibility index (Phi) is 2.06. The molecule has 9 heavy (non-hydrogen) atoms. The van der Waals surface area contributed by atoms with E-state index in [0.717, 1.165) is 0 Å². The first kappa shape index (κ1) is 8.68. The van der Waals surface area contributed by atoms with Gasteiger partial charge in [-0.25, -0.2) is 4.39 Å². The van der Waals surface area contributed by atoms with Crippen molar-refractivity contribution in [3.8, 4) is 0 Å². The van der Waals surface area contributed by atoms with Crippen LogP contribution < -0.4 is 0 Å². The molecule has 1 N–H and O–H groups in total. The van der Waals surface area contributed by atoms with Gasteiger partial charge in [-0.1, -0.05) is 0 Å². The molecule has 0 bridgehead atoms. The zero-order chi connectivity index (χ0) is 7.71. The van der Waals surface area contributed by atoms with Gasteiger partial charge in [-0.15, -0.1) is 0 Å². The molecule has 0 spiro atoms. The molecule has 0 saturated carbocycles. The second kappa shape index (κ2) is 2.13. The highest BCUT2D eigenvalue weighted by molar-refractivity contribution is 4.62. The summed E-state index contributed by atoms with van der Waals surface area (Å²) >= 11 is 0. The Balaban J connectivity index is 3.75. The lowest BCUT2D eigenvalue weighted by molar-refractivity contribution is -0.205. The molecule has 0 aromatic rings. The molecular weight excluding hydrogens is 140 g/mol. The summed E-state index contributed by atoms with van der Waals surface area (Å²) in [4.78, 5) is 0. The van der Waals surface area contributed by atoms with Gasteiger partial charge in [0, 0.05) is 0 Å². The average Bonchev–Trinajstić information content (AvgIpc) is 1.14. The summed E-state index contributed by atoms with van der Waals surface area (Å²) in [7, 11) is 0. The van der Waals surface area contributed by atoms with Crippen LogP contribution in [0.1, 0.15) is 13.3 Å². The highest BCUT2D eigenvalue weighted by Gasteiger charge is 2.38. The number of rotatable bonds is 1. The first-order valence-corrected chi connectivity index (χ1v) is 2.19. The summed E-state index contributed by atoms with van der Waals surface area (Å²) in [5.41, 5.74) is 0. The summed E-state index contributed by atoms with van der Waals surface area (Å²) in [6.45, 7) is 0.459. The van der Waals surface area contributed by atoms with Crippen LogP contribution in [0.3, 0.4) is 0 Å². The van der Waals surface area contributed by atoms with Gasteiger partial charge < -0.3 is 5.11 Å². The van der Waals surface area contributed by atoms with Crippen LogP contribution in [0.25, 0.3) is 0 Å². The fraction of sp³-hybridized carbons (Fsp3) is 1.00. The van der Waals surface area contributed by atoms with Crippen molar-refractivity contribution in [2.24, 2.45) is 0 Å². The lowest BCUT2D eigenvalue weighted by atomic mass is 10.2. The van der Waals surface area contributed by atoms with E-state index < -0.39 is 18.5 Å². The molecular formula is C4H6F4O. The van der Waals surface area contributed by atoms with Crippen LogP contribution in [-0.2, 0) is 0 Å². The third-order valence-corrected chi connectivity index (χ3v) is 0.523. The number of aliphatic hydroxyl groups is 1. The Morgan fingerprint density at radius 2 is 1.56 bits per heavy atom. The molecule has 0 aliphatic carbocycles. The largest absolute Gasteiger partial charge is 0.394 e. The summed E-state index contributed by atoms with van der Waals surface area (Å²) in [6, 6.07) is 0. The molecule has 0 aliphatic rings. The zero-order valence-electron chi connectivity index (χ0n) is 4.67. The topological polar surface area (TPSA) is 20.2 Å². The molecule has 0 aromatic heterocycles. The second-order valence-corrected chi connectivity index (χ2v) is 1.93. The number of hydrogen-bond donors (Lipinski definition) is 1. The Morgan fingerprint density at radius 1 is 1.22 bits per heavy atom. The van der Waals surface area contributed by atoms with Crippen LogP contribution in [0.5, 0.6) is 0 Å². The predicted octanol–water partition coefficient (Wildman–Crippen LogP) is 1.62. The fourth-order valence-corrected chi connectivity index (χ4v) is 0.366. The van der Waals surface area contributed by atoms with Gasteiger partial charge in [0.25, 0.3) is 0 Å². The average molecular weight is 146 g/mol. The minimum absolute atomic E-state index is 0.459. The van der Waals surface area contributed by atoms with Gasteiger partial charge >= 0.3 is 6.18 Å². The number of hydrogen-bond acceptors (Lipinski definition) is 1. The van der Waals surface area contributed by atoms with E-state index in [4.69, 9.17) is 5.11 Å². The lowest BCUT2D eigenvalue weighted by Crippen LogP contribution is -2.26. The number of alkyl halides is 4. The van der Waals surface area contributed by atoms with Gasteiger partial charge in [0.15, 0.2) is 0 Å². The van der Waals surface area contributed by atoms with Gasteiger partial charge in [-0.3, -0.25) is 0 Å². The van der Waals surface area contributed by atoms with Crippen molar-refractivity contribution >= 4 is 0 Å². The smallest absolute Gasteiger partial charge is 0.362 e. The molecule has 0 aliphatic heterocycles. The van der Waals surface area contributed by atoms with Crippen molar-refractivity contribution in [1.29, 1.82) is 0 Å². The van der Waals surface area contributed by atoms with E-state index in [1.54, 1.807) is 0 Å². The molecule has 0 aromatic carbocycles. The molecule has 0 radical (unpaired) electrons. The molecule has 1 unspecified atom stereocenters. The zero-order valence-corrected chi connectivity index (χ0v) is 4.67. The van der Waals surface area contributed by atoms with E-state index in [1.165, 1.54) is 0 Å². The maximum Gasteiger partial charge on any atom is 0.394 e. The summed E-state index contributed by atoms with van der Waals surface area (Å²) in [6.07, 6.45) is -6.46. The summed E-state index contributed by atoms with van der Waals surface area (Å²) < 4.78 is 45.2. The van der Waals surface area contributed by atoms with E-state index in [-0.39, 0.29) is 0 Å². The van der Waals surface area contributed by atoms with Crippen molar-refractivity contribution in [2.45, 2.75) is 25.4 Å². The Morgan fingerprint density at radius 3 is 1.56 bits per heavy atom. The van der Waals surface area contributed by atoms with Crippen LogP contribution in [0.2, 0.25) is 0 Å².